The summed E-state index contributed by atoms with van der Waals surface area (Å²) in [5.41, 5.74) is 0.00743. The normalized spacial score (nSPS) is 18.1. The van der Waals surface area contributed by atoms with E-state index < -0.39 is 15.4 Å². The molecule has 4 nitrogen and oxygen atoms in total. The van der Waals surface area contributed by atoms with Crippen LogP contribution < -0.4 is 4.90 Å². The molecule has 1 aliphatic rings. The molecule has 1 heterocycles. The van der Waals surface area contributed by atoms with Crippen molar-refractivity contribution in [1.82, 2.24) is 0 Å². The second-order valence-corrected chi connectivity index (χ2v) is 7.98. The molecular formula is C15H23NO3S. The van der Waals surface area contributed by atoms with E-state index in [1.807, 2.05) is 37.8 Å². The number of para-hydroxylation sites is 1. The minimum Gasteiger partial charge on any atom is -0.386 e. The van der Waals surface area contributed by atoms with Gasteiger partial charge in [0.1, 0.15) is 5.60 Å². The molecule has 1 fully saturated rings. The first-order valence-electron chi connectivity index (χ1n) is 7.09. The van der Waals surface area contributed by atoms with Gasteiger partial charge < -0.3 is 10.0 Å². The van der Waals surface area contributed by atoms with Crippen molar-refractivity contribution >= 4 is 15.5 Å². The first-order valence-corrected chi connectivity index (χ1v) is 8.74. The van der Waals surface area contributed by atoms with Crippen LogP contribution in [-0.2, 0) is 9.84 Å². The van der Waals surface area contributed by atoms with Crippen LogP contribution in [0.1, 0.15) is 27.2 Å². The Morgan fingerprint density at radius 1 is 1.30 bits per heavy atom. The Morgan fingerprint density at radius 2 is 1.90 bits per heavy atom. The highest BCUT2D eigenvalue weighted by molar-refractivity contribution is 7.91. The summed E-state index contributed by atoms with van der Waals surface area (Å²) >= 11 is 0. The Kier molecular flexibility index (Phi) is 4.12. The number of benzene rings is 1. The van der Waals surface area contributed by atoms with E-state index in [0.717, 1.165) is 0 Å². The fourth-order valence-corrected chi connectivity index (χ4v) is 4.07. The molecular weight excluding hydrogens is 274 g/mol. The minimum absolute atomic E-state index is 0.159. The Balaban J connectivity index is 2.28. The maximum atomic E-state index is 12.3. The van der Waals surface area contributed by atoms with Crippen LogP contribution in [-0.4, -0.2) is 38.0 Å². The molecule has 1 aromatic carbocycles. The van der Waals surface area contributed by atoms with Crippen molar-refractivity contribution in [2.75, 3.05) is 23.7 Å². The maximum Gasteiger partial charge on any atom is 0.180 e. The number of sulfone groups is 1. The zero-order valence-electron chi connectivity index (χ0n) is 12.3. The number of hydrogen-bond donors (Lipinski definition) is 1. The van der Waals surface area contributed by atoms with Gasteiger partial charge in [0.25, 0.3) is 0 Å². The van der Waals surface area contributed by atoms with Gasteiger partial charge in [-0.25, -0.2) is 8.42 Å². The van der Waals surface area contributed by atoms with Gasteiger partial charge in [-0.05, 0) is 24.5 Å². The molecule has 5 heteroatoms. The van der Waals surface area contributed by atoms with Crippen LogP contribution in [0.15, 0.2) is 29.2 Å². The highest BCUT2D eigenvalue weighted by Crippen LogP contribution is 2.36. The molecule has 0 aliphatic carbocycles. The summed E-state index contributed by atoms with van der Waals surface area (Å²) in [6, 6.07) is 7.07. The fourth-order valence-electron chi connectivity index (χ4n) is 2.51. The van der Waals surface area contributed by atoms with E-state index in [-0.39, 0.29) is 11.7 Å². The van der Waals surface area contributed by atoms with Crippen LogP contribution in [0.5, 0.6) is 0 Å². The van der Waals surface area contributed by atoms with Gasteiger partial charge in [-0.2, -0.15) is 0 Å². The van der Waals surface area contributed by atoms with Gasteiger partial charge in [0, 0.05) is 13.1 Å². The van der Waals surface area contributed by atoms with E-state index in [0.29, 0.717) is 30.1 Å². The average Bonchev–Trinajstić information content (AvgIpc) is 2.34. The van der Waals surface area contributed by atoms with Gasteiger partial charge in [-0.1, -0.05) is 32.9 Å². The predicted octanol–water partition coefficient (Wildman–Crippen LogP) is 2.08. The van der Waals surface area contributed by atoms with Crippen molar-refractivity contribution in [2.45, 2.75) is 37.7 Å². The summed E-state index contributed by atoms with van der Waals surface area (Å²) in [6.07, 6.45) is 0.604. The number of β-amino-alcohol motifs (C(OH)–C–C–N with tert-alkyl or cyclic N) is 1. The lowest BCUT2D eigenvalue weighted by Crippen LogP contribution is -2.65. The SMILES string of the molecule is CCCS(=O)(=O)c1ccccc1N1CC(O)(C(C)C)C1. The van der Waals surface area contributed by atoms with Crippen LogP contribution in [0.2, 0.25) is 0 Å². The van der Waals surface area contributed by atoms with Gasteiger partial charge >= 0.3 is 0 Å². The number of nitrogens with zero attached hydrogens (tertiary/aromatic N) is 1. The zero-order chi connectivity index (χ0) is 15.0. The molecule has 20 heavy (non-hydrogen) atoms. The topological polar surface area (TPSA) is 57.6 Å². The molecule has 0 aromatic heterocycles. The van der Waals surface area contributed by atoms with Gasteiger partial charge in [0.2, 0.25) is 0 Å². The van der Waals surface area contributed by atoms with E-state index in [4.69, 9.17) is 0 Å². The molecule has 0 unspecified atom stereocenters. The first-order chi connectivity index (χ1) is 9.30. The number of rotatable bonds is 5. The van der Waals surface area contributed by atoms with E-state index in [1.165, 1.54) is 0 Å². The van der Waals surface area contributed by atoms with Crippen molar-refractivity contribution in [1.29, 1.82) is 0 Å². The Hall–Kier alpha value is -1.07. The Labute approximate surface area is 121 Å². The fraction of sp³-hybridized carbons (Fsp3) is 0.600. The van der Waals surface area contributed by atoms with Crippen LogP contribution in [0, 0.1) is 5.92 Å². The second kappa shape index (κ2) is 5.37. The largest absolute Gasteiger partial charge is 0.386 e. The van der Waals surface area contributed by atoms with Crippen LogP contribution in [0.4, 0.5) is 5.69 Å². The smallest absolute Gasteiger partial charge is 0.180 e. The molecule has 1 N–H and O–H groups in total. The molecule has 0 amide bonds. The van der Waals surface area contributed by atoms with Crippen molar-refractivity contribution < 1.29 is 13.5 Å². The molecule has 0 atom stereocenters. The number of hydrogen-bond acceptors (Lipinski definition) is 4. The Morgan fingerprint density at radius 3 is 2.45 bits per heavy atom. The van der Waals surface area contributed by atoms with Gasteiger partial charge in [0.05, 0.1) is 16.3 Å². The summed E-state index contributed by atoms with van der Waals surface area (Å²) in [4.78, 5) is 2.33. The molecule has 0 spiro atoms. The van der Waals surface area contributed by atoms with Crippen LogP contribution in [0.25, 0.3) is 0 Å². The van der Waals surface area contributed by atoms with Crippen LogP contribution in [0.3, 0.4) is 0 Å². The maximum absolute atomic E-state index is 12.3. The third-order valence-electron chi connectivity index (χ3n) is 4.02. The van der Waals surface area contributed by atoms with Crippen LogP contribution >= 0.6 is 0 Å². The van der Waals surface area contributed by atoms with Gasteiger partial charge in [-0.3, -0.25) is 0 Å². The molecule has 0 bridgehead atoms. The Bertz CT molecular complexity index is 575. The minimum atomic E-state index is -3.24. The lowest BCUT2D eigenvalue weighted by Gasteiger charge is -2.50. The zero-order valence-corrected chi connectivity index (χ0v) is 13.2. The third-order valence-corrected chi connectivity index (χ3v) is 5.98. The summed E-state index contributed by atoms with van der Waals surface area (Å²) in [6.45, 7) is 6.81. The molecule has 1 aromatic rings. The lowest BCUT2D eigenvalue weighted by molar-refractivity contribution is -0.0303. The van der Waals surface area contributed by atoms with Crippen molar-refractivity contribution in [3.63, 3.8) is 0 Å². The van der Waals surface area contributed by atoms with E-state index in [2.05, 4.69) is 0 Å². The van der Waals surface area contributed by atoms with E-state index >= 15 is 0 Å². The quantitative estimate of drug-likeness (QED) is 0.904. The second-order valence-electron chi connectivity index (χ2n) is 5.90. The predicted molar refractivity (Wildman–Crippen MR) is 80.8 cm³/mol. The molecule has 112 valence electrons. The molecule has 1 aliphatic heterocycles. The number of anilines is 1. The molecule has 0 radical (unpaired) electrons. The third kappa shape index (κ3) is 2.69. The highest BCUT2D eigenvalue weighted by atomic mass is 32.2. The standard InChI is InChI=1S/C15H23NO3S/c1-4-9-20(18,19)14-8-6-5-7-13(14)16-10-15(17,11-16)12(2)3/h5-8,12,17H,4,9-11H2,1-3H3. The lowest BCUT2D eigenvalue weighted by atomic mass is 9.82. The molecule has 2 rings (SSSR count). The van der Waals surface area contributed by atoms with Gasteiger partial charge in [-0.15, -0.1) is 0 Å². The van der Waals surface area contributed by atoms with Crippen molar-refractivity contribution in [3.05, 3.63) is 24.3 Å². The highest BCUT2D eigenvalue weighted by Gasteiger charge is 2.44. The summed E-state index contributed by atoms with van der Waals surface area (Å²) in [7, 11) is -3.24. The van der Waals surface area contributed by atoms with Gasteiger partial charge in [0.15, 0.2) is 9.84 Å². The summed E-state index contributed by atoms with van der Waals surface area (Å²) in [5, 5.41) is 10.3. The number of aliphatic hydroxyl groups is 1. The average molecular weight is 297 g/mol. The molecule has 1 saturated heterocycles. The monoisotopic (exact) mass is 297 g/mol. The van der Waals surface area contributed by atoms with Crippen molar-refractivity contribution in [3.8, 4) is 0 Å². The van der Waals surface area contributed by atoms with E-state index in [1.54, 1.807) is 12.1 Å². The van der Waals surface area contributed by atoms with Crippen molar-refractivity contribution in [2.24, 2.45) is 5.92 Å². The molecule has 0 saturated carbocycles. The first kappa shape index (κ1) is 15.3. The van der Waals surface area contributed by atoms with E-state index in [9.17, 15) is 13.5 Å². The summed E-state index contributed by atoms with van der Waals surface area (Å²) in [5.74, 6) is 0.324. The summed E-state index contributed by atoms with van der Waals surface area (Å²) < 4.78 is 24.6.